The van der Waals surface area contributed by atoms with Gasteiger partial charge in [-0.2, -0.15) is 0 Å². The number of carbonyl (C=O) groups excluding carboxylic acids is 2. The number of rotatable bonds is 2. The first-order valence-corrected chi connectivity index (χ1v) is 7.44. The van der Waals surface area contributed by atoms with Crippen LogP contribution < -0.4 is 10.0 Å². The molecule has 0 unspecified atom stereocenters. The summed E-state index contributed by atoms with van der Waals surface area (Å²) < 4.78 is 0. The number of amides is 2. The van der Waals surface area contributed by atoms with Crippen LogP contribution in [0.1, 0.15) is 31.1 Å². The quantitative estimate of drug-likeness (QED) is 0.727. The van der Waals surface area contributed by atoms with Gasteiger partial charge < -0.3 is 10.2 Å². The van der Waals surface area contributed by atoms with Gasteiger partial charge in [0.15, 0.2) is 0 Å². The summed E-state index contributed by atoms with van der Waals surface area (Å²) in [4.78, 5) is 38.0. The van der Waals surface area contributed by atoms with Crippen LogP contribution in [-0.2, 0) is 0 Å². The number of nitrogens with zero attached hydrogens (tertiary/aromatic N) is 1. The Bertz CT molecular complexity index is 1060. The lowest BCUT2D eigenvalue weighted by Gasteiger charge is -2.30. The number of carboxylic acid groups (broad SMARTS) is 1. The van der Waals surface area contributed by atoms with Crippen molar-refractivity contribution in [2.24, 2.45) is 0 Å². The Balaban J connectivity index is 2.03. The van der Waals surface area contributed by atoms with E-state index in [2.05, 4.69) is 0 Å². The molecule has 4 rings (SSSR count). The highest BCUT2D eigenvalue weighted by Gasteiger charge is 2.34. The van der Waals surface area contributed by atoms with Gasteiger partial charge in [0.05, 0.1) is 5.56 Å². The van der Waals surface area contributed by atoms with E-state index in [4.69, 9.17) is 0 Å². The highest BCUT2D eigenvalue weighted by molar-refractivity contribution is 6.36. The fourth-order valence-corrected chi connectivity index (χ4v) is 3.14. The maximum atomic E-state index is 12.9. The molecule has 2 amide bonds. The minimum atomic E-state index is -1.14. The van der Waals surface area contributed by atoms with E-state index in [0.717, 1.165) is 4.90 Å². The molecule has 1 heterocycles. The first-order valence-electron chi connectivity index (χ1n) is 7.44. The highest BCUT2D eigenvalue weighted by Crippen LogP contribution is 2.36. The third kappa shape index (κ3) is 2.01. The smallest absolute Gasteiger partial charge is 0.336 e. The number of aromatic carboxylic acids is 1. The van der Waals surface area contributed by atoms with Crippen LogP contribution in [0.15, 0.2) is 54.6 Å². The van der Waals surface area contributed by atoms with Crippen molar-refractivity contribution in [1.29, 1.82) is 0 Å². The molecule has 0 saturated carbocycles. The predicted octanol–water partition coefficient (Wildman–Crippen LogP) is 2.41. The monoisotopic (exact) mass is 332 g/mol. The van der Waals surface area contributed by atoms with E-state index in [-0.39, 0.29) is 22.4 Å². The largest absolute Gasteiger partial charge is 0.871 e. The van der Waals surface area contributed by atoms with Crippen molar-refractivity contribution in [2.45, 2.75) is 0 Å². The Kier molecular flexibility index (Phi) is 3.08. The summed E-state index contributed by atoms with van der Waals surface area (Å²) in [7, 11) is 0. The Hall–Kier alpha value is -3.67. The first kappa shape index (κ1) is 14.9. The lowest BCUT2D eigenvalue weighted by Crippen LogP contribution is -2.41. The second-order valence-electron chi connectivity index (χ2n) is 5.61. The topological polar surface area (TPSA) is 97.7 Å². The van der Waals surface area contributed by atoms with E-state index in [9.17, 15) is 24.6 Å². The van der Waals surface area contributed by atoms with Gasteiger partial charge in [-0.3, -0.25) is 9.59 Å². The highest BCUT2D eigenvalue weighted by atomic mass is 16.4. The molecule has 1 aliphatic rings. The molecule has 1 N–H and O–H groups in total. The van der Waals surface area contributed by atoms with Gasteiger partial charge in [0.25, 0.3) is 11.8 Å². The Morgan fingerprint density at radius 3 is 2.24 bits per heavy atom. The maximum absolute atomic E-state index is 12.9. The van der Waals surface area contributed by atoms with Crippen molar-refractivity contribution in [1.82, 2.24) is 0 Å². The standard InChI is InChI=1S/C19H11NO5/c21-15-7-2-1-6-14(15)20-17(22)12-5-3-4-10-11(19(24)25)8-9-13(16(10)12)18(20)23/h1-9,21H,(H,24,25)/p-1. The minimum Gasteiger partial charge on any atom is -0.871 e. The van der Waals surface area contributed by atoms with E-state index < -0.39 is 23.5 Å². The molecule has 3 aromatic rings. The average Bonchev–Trinajstić information content (AvgIpc) is 2.60. The lowest BCUT2D eigenvalue weighted by molar-refractivity contribution is -0.267. The Labute approximate surface area is 141 Å². The van der Waals surface area contributed by atoms with Crippen LogP contribution in [-0.4, -0.2) is 22.9 Å². The number of carboxylic acids is 1. The molecule has 3 aromatic carbocycles. The third-order valence-corrected chi connectivity index (χ3v) is 4.24. The van der Waals surface area contributed by atoms with Gasteiger partial charge in [0, 0.05) is 22.2 Å². The average molecular weight is 332 g/mol. The van der Waals surface area contributed by atoms with Crippen molar-refractivity contribution >= 4 is 34.2 Å². The van der Waals surface area contributed by atoms with Crippen LogP contribution in [0, 0.1) is 0 Å². The van der Waals surface area contributed by atoms with E-state index >= 15 is 0 Å². The SMILES string of the molecule is O=C(O)c1ccc2c3c(cccc13)C(=O)N(c1ccccc1[O-])C2=O. The van der Waals surface area contributed by atoms with Crippen LogP contribution in [0.2, 0.25) is 0 Å². The van der Waals surface area contributed by atoms with Gasteiger partial charge in [0.1, 0.15) is 0 Å². The molecule has 0 saturated heterocycles. The fraction of sp³-hybridized carbons (Fsp3) is 0. The molecule has 25 heavy (non-hydrogen) atoms. The zero-order valence-electron chi connectivity index (χ0n) is 12.7. The molecular formula is C19H10NO5-. The number of anilines is 1. The molecule has 0 aromatic heterocycles. The second-order valence-corrected chi connectivity index (χ2v) is 5.61. The van der Waals surface area contributed by atoms with E-state index in [1.54, 1.807) is 18.2 Å². The van der Waals surface area contributed by atoms with Gasteiger partial charge in [-0.15, -0.1) is 0 Å². The summed E-state index contributed by atoms with van der Waals surface area (Å²) in [5, 5.41) is 22.0. The maximum Gasteiger partial charge on any atom is 0.336 e. The van der Waals surface area contributed by atoms with E-state index in [0.29, 0.717) is 10.8 Å². The summed E-state index contributed by atoms with van der Waals surface area (Å²) in [6, 6.07) is 13.1. The summed E-state index contributed by atoms with van der Waals surface area (Å²) in [5.41, 5.74) is 0.373. The van der Waals surface area contributed by atoms with Gasteiger partial charge in [-0.05, 0) is 29.7 Å². The fourth-order valence-electron chi connectivity index (χ4n) is 3.14. The molecular weight excluding hydrogens is 322 g/mol. The number of carbonyl (C=O) groups is 3. The lowest BCUT2D eigenvalue weighted by atomic mass is 9.91. The van der Waals surface area contributed by atoms with Crippen molar-refractivity contribution in [3.63, 3.8) is 0 Å². The number of imide groups is 1. The first-order chi connectivity index (χ1) is 12.0. The number of hydrogen-bond donors (Lipinski definition) is 1. The Morgan fingerprint density at radius 2 is 1.56 bits per heavy atom. The molecule has 0 fully saturated rings. The zero-order valence-corrected chi connectivity index (χ0v) is 12.7. The third-order valence-electron chi connectivity index (χ3n) is 4.24. The van der Waals surface area contributed by atoms with E-state index in [1.165, 1.54) is 36.4 Å². The molecule has 0 atom stereocenters. The molecule has 122 valence electrons. The molecule has 0 bridgehead atoms. The van der Waals surface area contributed by atoms with Gasteiger partial charge >= 0.3 is 5.97 Å². The van der Waals surface area contributed by atoms with Gasteiger partial charge in [0.2, 0.25) is 0 Å². The number of para-hydroxylation sites is 2. The van der Waals surface area contributed by atoms with Crippen molar-refractivity contribution in [3.8, 4) is 5.75 Å². The van der Waals surface area contributed by atoms with Gasteiger partial charge in [-0.25, -0.2) is 9.69 Å². The van der Waals surface area contributed by atoms with Crippen molar-refractivity contribution in [3.05, 3.63) is 71.3 Å². The summed E-state index contributed by atoms with van der Waals surface area (Å²) in [5.74, 6) is -2.87. The van der Waals surface area contributed by atoms with Crippen molar-refractivity contribution in [2.75, 3.05) is 4.90 Å². The summed E-state index contributed by atoms with van der Waals surface area (Å²) in [6.07, 6.45) is 0. The molecule has 0 spiro atoms. The Morgan fingerprint density at radius 1 is 0.880 bits per heavy atom. The van der Waals surface area contributed by atoms with Crippen LogP contribution in [0.5, 0.6) is 5.75 Å². The predicted molar refractivity (Wildman–Crippen MR) is 87.9 cm³/mol. The molecule has 6 heteroatoms. The van der Waals surface area contributed by atoms with Crippen LogP contribution in [0.3, 0.4) is 0 Å². The van der Waals surface area contributed by atoms with Crippen LogP contribution >= 0.6 is 0 Å². The molecule has 6 nitrogen and oxygen atoms in total. The normalized spacial score (nSPS) is 13.4. The molecule has 0 aliphatic carbocycles. The van der Waals surface area contributed by atoms with Crippen molar-refractivity contribution < 1.29 is 24.6 Å². The summed E-state index contributed by atoms with van der Waals surface area (Å²) in [6.45, 7) is 0. The number of benzene rings is 3. The van der Waals surface area contributed by atoms with Crippen LogP contribution in [0.25, 0.3) is 10.8 Å². The summed E-state index contributed by atoms with van der Waals surface area (Å²) >= 11 is 0. The second kappa shape index (κ2) is 5.17. The molecule has 0 radical (unpaired) electrons. The number of hydrogen-bond acceptors (Lipinski definition) is 4. The molecule has 1 aliphatic heterocycles. The van der Waals surface area contributed by atoms with E-state index in [1.807, 2.05) is 0 Å². The zero-order chi connectivity index (χ0) is 17.7. The van der Waals surface area contributed by atoms with Crippen LogP contribution in [0.4, 0.5) is 5.69 Å². The minimum absolute atomic E-state index is 0.0128. The van der Waals surface area contributed by atoms with Gasteiger partial charge in [-0.1, -0.05) is 36.1 Å².